The first-order chi connectivity index (χ1) is 13.1. The van der Waals surface area contributed by atoms with Gasteiger partial charge >= 0.3 is 0 Å². The fourth-order valence-electron chi connectivity index (χ4n) is 3.17. The van der Waals surface area contributed by atoms with Gasteiger partial charge in [-0.25, -0.2) is 0 Å². The Labute approximate surface area is 172 Å². The summed E-state index contributed by atoms with van der Waals surface area (Å²) >= 11 is 2.30. The molecule has 0 aliphatic carbocycles. The third kappa shape index (κ3) is 3.90. The molecule has 2 heterocycles. The predicted molar refractivity (Wildman–Crippen MR) is 117 cm³/mol. The smallest absolute Gasteiger partial charge is 0.209 e. The number of benzene rings is 2. The number of aryl methyl sites for hydroxylation is 1. The van der Waals surface area contributed by atoms with Crippen LogP contribution in [-0.4, -0.2) is 15.8 Å². The van der Waals surface area contributed by atoms with Crippen LogP contribution in [0.15, 0.2) is 72.9 Å². The van der Waals surface area contributed by atoms with E-state index in [0.717, 1.165) is 34.5 Å². The Morgan fingerprint density at radius 2 is 1.74 bits per heavy atom. The molecule has 2 N–H and O–H groups in total. The van der Waals surface area contributed by atoms with Crippen molar-refractivity contribution in [3.63, 3.8) is 0 Å². The van der Waals surface area contributed by atoms with Gasteiger partial charge in [0.25, 0.3) is 0 Å². The molecule has 0 unspecified atom stereocenters. The second kappa shape index (κ2) is 7.56. The SMILES string of the molecule is Cc1ccc(C(=O)c2cc(-c3ccc(I)cc3)c(Cc3ccc[nH]3)[nH]2)cc1. The van der Waals surface area contributed by atoms with Crippen LogP contribution < -0.4 is 0 Å². The van der Waals surface area contributed by atoms with Crippen LogP contribution in [0, 0.1) is 10.5 Å². The van der Waals surface area contributed by atoms with E-state index in [0.29, 0.717) is 11.3 Å². The van der Waals surface area contributed by atoms with Gasteiger partial charge in [0.05, 0.1) is 5.69 Å². The molecule has 0 aliphatic rings. The Morgan fingerprint density at radius 1 is 1.00 bits per heavy atom. The quantitative estimate of drug-likeness (QED) is 0.286. The molecule has 3 nitrogen and oxygen atoms in total. The van der Waals surface area contributed by atoms with Crippen molar-refractivity contribution < 1.29 is 4.79 Å². The van der Waals surface area contributed by atoms with E-state index in [4.69, 9.17) is 0 Å². The molecule has 0 amide bonds. The highest BCUT2D eigenvalue weighted by Crippen LogP contribution is 2.28. The van der Waals surface area contributed by atoms with E-state index in [-0.39, 0.29) is 5.78 Å². The number of aromatic amines is 2. The maximum Gasteiger partial charge on any atom is 0.209 e. The summed E-state index contributed by atoms with van der Waals surface area (Å²) in [4.78, 5) is 19.6. The van der Waals surface area contributed by atoms with Gasteiger partial charge in [0.2, 0.25) is 5.78 Å². The highest BCUT2D eigenvalue weighted by molar-refractivity contribution is 14.1. The maximum absolute atomic E-state index is 13.0. The summed E-state index contributed by atoms with van der Waals surface area (Å²) in [5.41, 5.74) is 6.78. The molecule has 2 aromatic heterocycles. The van der Waals surface area contributed by atoms with E-state index in [9.17, 15) is 4.79 Å². The van der Waals surface area contributed by atoms with E-state index in [1.807, 2.05) is 49.5 Å². The standard InChI is InChI=1S/C23H19IN2O/c1-15-4-6-17(7-5-15)23(27)22-14-20(16-8-10-18(24)11-9-16)21(26-22)13-19-3-2-12-25-19/h2-12,14,25-26H,13H2,1H3. The number of hydrogen-bond donors (Lipinski definition) is 2. The van der Waals surface area contributed by atoms with E-state index < -0.39 is 0 Å². The van der Waals surface area contributed by atoms with Crippen LogP contribution >= 0.6 is 22.6 Å². The van der Waals surface area contributed by atoms with Gasteiger partial charge in [-0.3, -0.25) is 4.79 Å². The molecule has 134 valence electrons. The molecule has 0 bridgehead atoms. The summed E-state index contributed by atoms with van der Waals surface area (Å²) in [5, 5.41) is 0. The number of ketones is 1. The van der Waals surface area contributed by atoms with Gasteiger partial charge < -0.3 is 9.97 Å². The number of H-pyrrole nitrogens is 2. The molecule has 0 atom stereocenters. The summed E-state index contributed by atoms with van der Waals surface area (Å²) in [5.74, 6) is 0.0134. The minimum Gasteiger partial charge on any atom is -0.365 e. The number of aromatic nitrogens is 2. The molecule has 2 aromatic carbocycles. The molecule has 4 aromatic rings. The lowest BCUT2D eigenvalue weighted by Crippen LogP contribution is -2.02. The third-order valence-corrected chi connectivity index (χ3v) is 5.36. The van der Waals surface area contributed by atoms with Crippen molar-refractivity contribution in [2.75, 3.05) is 0 Å². The number of carbonyl (C=O) groups excluding carboxylic acids is 1. The molecule has 4 heteroatoms. The van der Waals surface area contributed by atoms with E-state index in [2.05, 4.69) is 62.9 Å². The van der Waals surface area contributed by atoms with Gasteiger partial charge in [-0.05, 0) is 65.4 Å². The number of nitrogens with one attached hydrogen (secondary N) is 2. The first kappa shape index (κ1) is 17.8. The van der Waals surface area contributed by atoms with Gasteiger partial charge in [-0.2, -0.15) is 0 Å². The molecular weight excluding hydrogens is 447 g/mol. The Kier molecular flexibility index (Phi) is 4.99. The van der Waals surface area contributed by atoms with Crippen molar-refractivity contribution >= 4 is 28.4 Å². The molecule has 0 aliphatic heterocycles. The molecule has 0 saturated carbocycles. The Bertz CT molecular complexity index is 1060. The second-order valence-electron chi connectivity index (χ2n) is 6.65. The summed E-state index contributed by atoms with van der Waals surface area (Å²) in [7, 11) is 0. The molecule has 4 rings (SSSR count). The van der Waals surface area contributed by atoms with Gasteiger partial charge in [0, 0.05) is 38.7 Å². The zero-order chi connectivity index (χ0) is 18.8. The first-order valence-electron chi connectivity index (χ1n) is 8.81. The monoisotopic (exact) mass is 466 g/mol. The van der Waals surface area contributed by atoms with Gasteiger partial charge in [0.1, 0.15) is 0 Å². The first-order valence-corrected chi connectivity index (χ1v) is 9.89. The van der Waals surface area contributed by atoms with Crippen molar-refractivity contribution in [1.82, 2.24) is 9.97 Å². The van der Waals surface area contributed by atoms with Crippen LogP contribution in [0.2, 0.25) is 0 Å². The van der Waals surface area contributed by atoms with E-state index in [1.165, 1.54) is 3.57 Å². The van der Waals surface area contributed by atoms with Crippen molar-refractivity contribution in [1.29, 1.82) is 0 Å². The fourth-order valence-corrected chi connectivity index (χ4v) is 3.53. The number of halogens is 1. The maximum atomic E-state index is 13.0. The lowest BCUT2D eigenvalue weighted by Gasteiger charge is -2.04. The Morgan fingerprint density at radius 3 is 2.41 bits per heavy atom. The van der Waals surface area contributed by atoms with Crippen LogP contribution in [0.3, 0.4) is 0 Å². The normalized spacial score (nSPS) is 10.9. The minimum atomic E-state index is 0.0134. The Balaban J connectivity index is 1.75. The largest absolute Gasteiger partial charge is 0.365 e. The lowest BCUT2D eigenvalue weighted by molar-refractivity contribution is 0.103. The van der Waals surface area contributed by atoms with Crippen LogP contribution in [0.25, 0.3) is 11.1 Å². The van der Waals surface area contributed by atoms with E-state index >= 15 is 0 Å². The topological polar surface area (TPSA) is 48.6 Å². The summed E-state index contributed by atoms with van der Waals surface area (Å²) in [6.07, 6.45) is 2.64. The molecule has 27 heavy (non-hydrogen) atoms. The lowest BCUT2D eigenvalue weighted by atomic mass is 10.0. The van der Waals surface area contributed by atoms with Gasteiger partial charge in [0.15, 0.2) is 0 Å². The zero-order valence-electron chi connectivity index (χ0n) is 14.9. The number of carbonyl (C=O) groups is 1. The average Bonchev–Trinajstić information content (AvgIpc) is 3.33. The van der Waals surface area contributed by atoms with Crippen molar-refractivity contribution in [3.8, 4) is 11.1 Å². The number of rotatable bonds is 5. The highest BCUT2D eigenvalue weighted by atomic mass is 127. The number of hydrogen-bond acceptors (Lipinski definition) is 1. The molecule has 0 spiro atoms. The summed E-state index contributed by atoms with van der Waals surface area (Å²) in [6.45, 7) is 2.02. The zero-order valence-corrected chi connectivity index (χ0v) is 17.1. The van der Waals surface area contributed by atoms with Crippen LogP contribution in [0.1, 0.15) is 33.0 Å². The molecule has 0 radical (unpaired) electrons. The predicted octanol–water partition coefficient (Wildman–Crippen LogP) is 5.74. The second-order valence-corrected chi connectivity index (χ2v) is 7.90. The third-order valence-electron chi connectivity index (χ3n) is 4.64. The highest BCUT2D eigenvalue weighted by Gasteiger charge is 2.17. The summed E-state index contributed by atoms with van der Waals surface area (Å²) in [6, 6.07) is 22.1. The average molecular weight is 466 g/mol. The van der Waals surface area contributed by atoms with Gasteiger partial charge in [-0.1, -0.05) is 42.0 Å². The minimum absolute atomic E-state index is 0.0134. The van der Waals surface area contributed by atoms with E-state index in [1.54, 1.807) is 0 Å². The van der Waals surface area contributed by atoms with Crippen molar-refractivity contribution in [2.45, 2.75) is 13.3 Å². The van der Waals surface area contributed by atoms with Crippen LogP contribution in [0.5, 0.6) is 0 Å². The van der Waals surface area contributed by atoms with Crippen molar-refractivity contribution in [2.24, 2.45) is 0 Å². The Hall–Kier alpha value is -2.60. The fraction of sp³-hybridized carbons (Fsp3) is 0.0870. The van der Waals surface area contributed by atoms with Crippen LogP contribution in [0.4, 0.5) is 0 Å². The van der Waals surface area contributed by atoms with Gasteiger partial charge in [-0.15, -0.1) is 0 Å². The molecule has 0 saturated heterocycles. The molecule has 0 fully saturated rings. The summed E-state index contributed by atoms with van der Waals surface area (Å²) < 4.78 is 1.19. The van der Waals surface area contributed by atoms with Crippen molar-refractivity contribution in [3.05, 3.63) is 105 Å². The molecular formula is C23H19IN2O. The van der Waals surface area contributed by atoms with Crippen LogP contribution in [-0.2, 0) is 6.42 Å².